The third-order valence-electron chi connectivity index (χ3n) is 4.48. The first-order valence-corrected chi connectivity index (χ1v) is 9.79. The van der Waals surface area contributed by atoms with Crippen molar-refractivity contribution >= 4 is 38.7 Å². The number of sulfonamides is 1. The van der Waals surface area contributed by atoms with Crippen LogP contribution in [0.3, 0.4) is 0 Å². The van der Waals surface area contributed by atoms with E-state index in [0.29, 0.717) is 11.0 Å². The van der Waals surface area contributed by atoms with E-state index in [2.05, 4.69) is 13.5 Å². The molecule has 1 aromatic heterocycles. The van der Waals surface area contributed by atoms with Crippen molar-refractivity contribution in [1.29, 1.82) is 0 Å². The highest BCUT2D eigenvalue weighted by molar-refractivity contribution is 7.90. The fourth-order valence-corrected chi connectivity index (χ4v) is 4.87. The number of rotatable bonds is 4. The number of amides is 1. The molecule has 1 fully saturated rings. The van der Waals surface area contributed by atoms with Gasteiger partial charge in [0.05, 0.1) is 17.6 Å². The highest BCUT2D eigenvalue weighted by Crippen LogP contribution is 2.59. The van der Waals surface area contributed by atoms with Gasteiger partial charge in [-0.3, -0.25) is 4.79 Å². The Morgan fingerprint density at radius 2 is 2.00 bits per heavy atom. The Kier molecular flexibility index (Phi) is 4.00. The number of hydrogen-bond donors (Lipinski definition) is 1. The molecular formula is C16H19N3O3S2. The van der Waals surface area contributed by atoms with E-state index in [1.807, 2.05) is 33.8 Å². The fraction of sp³-hybridized carbons (Fsp3) is 0.438. The molecule has 3 rings (SSSR count). The van der Waals surface area contributed by atoms with Gasteiger partial charge in [-0.05, 0) is 37.3 Å². The molecule has 128 valence electrons. The molecule has 8 heteroatoms. The Labute approximate surface area is 145 Å². The molecule has 0 bridgehead atoms. The second kappa shape index (κ2) is 5.63. The van der Waals surface area contributed by atoms with E-state index >= 15 is 0 Å². The van der Waals surface area contributed by atoms with Gasteiger partial charge in [0.2, 0.25) is 5.91 Å². The number of carbonyl (C=O) groups is 1. The Morgan fingerprint density at radius 3 is 2.67 bits per heavy atom. The zero-order chi connectivity index (χ0) is 17.7. The molecule has 0 aliphatic heterocycles. The Hall–Kier alpha value is -1.80. The maximum atomic E-state index is 12.6. The van der Waals surface area contributed by atoms with Crippen molar-refractivity contribution in [3.63, 3.8) is 0 Å². The molecule has 0 radical (unpaired) electrons. The van der Waals surface area contributed by atoms with Crippen molar-refractivity contribution in [2.75, 3.05) is 0 Å². The average molecular weight is 365 g/mol. The van der Waals surface area contributed by atoms with E-state index in [1.165, 1.54) is 6.07 Å². The number of benzene rings is 1. The molecule has 0 spiro atoms. The first-order valence-electron chi connectivity index (χ1n) is 7.57. The normalized spacial score (nSPS) is 22.2. The van der Waals surface area contributed by atoms with E-state index in [1.54, 1.807) is 12.1 Å². The van der Waals surface area contributed by atoms with Crippen LogP contribution >= 0.6 is 11.7 Å². The summed E-state index contributed by atoms with van der Waals surface area (Å²) in [6.07, 6.45) is 2.03. The summed E-state index contributed by atoms with van der Waals surface area (Å²) < 4.78 is 35.5. The van der Waals surface area contributed by atoms with Gasteiger partial charge in [0.1, 0.15) is 15.9 Å². The molecule has 1 aliphatic carbocycles. The topological polar surface area (TPSA) is 89.0 Å². The molecule has 0 unspecified atom stereocenters. The number of allylic oxidation sites excluding steroid dienone is 2. The zero-order valence-corrected chi connectivity index (χ0v) is 15.5. The summed E-state index contributed by atoms with van der Waals surface area (Å²) in [7, 11) is -3.98. The summed E-state index contributed by atoms with van der Waals surface area (Å²) in [4.78, 5) is 12.5. The van der Waals surface area contributed by atoms with Gasteiger partial charge in [-0.1, -0.05) is 31.6 Å². The maximum absolute atomic E-state index is 12.6. The number of aromatic nitrogens is 2. The second-order valence-electron chi connectivity index (χ2n) is 6.93. The minimum Gasteiger partial charge on any atom is -0.274 e. The maximum Gasteiger partial charge on any atom is 0.266 e. The summed E-state index contributed by atoms with van der Waals surface area (Å²) >= 11 is 0.943. The molecule has 24 heavy (non-hydrogen) atoms. The lowest BCUT2D eigenvalue weighted by atomic mass is 10.1. The number of carbonyl (C=O) groups excluding carboxylic acids is 1. The van der Waals surface area contributed by atoms with Gasteiger partial charge in [0.25, 0.3) is 10.0 Å². The Balaban J connectivity index is 1.87. The molecule has 2 aromatic rings. The van der Waals surface area contributed by atoms with Crippen LogP contribution in [0.4, 0.5) is 0 Å². The van der Waals surface area contributed by atoms with Crippen LogP contribution in [0.1, 0.15) is 27.7 Å². The standard InChI is InChI=1S/C16H19N3O3S2/c1-9(2)8-10-13(16(10,3)4)15(20)19-24(21,22)12-7-5-6-11-14(12)18-23-17-11/h5-8,10,13H,1-4H3,(H,19,20)/t10-,13+/m0/s1. The van der Waals surface area contributed by atoms with Crippen LogP contribution in [0, 0.1) is 17.3 Å². The monoisotopic (exact) mass is 365 g/mol. The molecule has 1 aromatic carbocycles. The molecule has 1 heterocycles. The van der Waals surface area contributed by atoms with Gasteiger partial charge >= 0.3 is 0 Å². The minimum absolute atomic E-state index is 0.0145. The van der Waals surface area contributed by atoms with Crippen LogP contribution in [0.2, 0.25) is 0 Å². The molecule has 1 N–H and O–H groups in total. The molecule has 1 saturated carbocycles. The summed E-state index contributed by atoms with van der Waals surface area (Å²) in [6.45, 7) is 7.88. The quantitative estimate of drug-likeness (QED) is 0.842. The van der Waals surface area contributed by atoms with Gasteiger partial charge in [-0.25, -0.2) is 13.1 Å². The first kappa shape index (κ1) is 17.0. The molecular weight excluding hydrogens is 346 g/mol. The van der Waals surface area contributed by atoms with Crippen molar-refractivity contribution < 1.29 is 13.2 Å². The summed E-state index contributed by atoms with van der Waals surface area (Å²) in [6, 6.07) is 4.72. The summed E-state index contributed by atoms with van der Waals surface area (Å²) in [5.74, 6) is -0.771. The van der Waals surface area contributed by atoms with Gasteiger partial charge in [-0.15, -0.1) is 0 Å². The number of hydrogen-bond acceptors (Lipinski definition) is 6. The van der Waals surface area contributed by atoms with Crippen LogP contribution in [-0.2, 0) is 14.8 Å². The number of nitrogens with one attached hydrogen (secondary N) is 1. The lowest BCUT2D eigenvalue weighted by Gasteiger charge is -2.08. The third kappa shape index (κ3) is 2.84. The number of nitrogens with zero attached hydrogens (tertiary/aromatic N) is 2. The largest absolute Gasteiger partial charge is 0.274 e. The van der Waals surface area contributed by atoms with Gasteiger partial charge in [0.15, 0.2) is 0 Å². The summed E-state index contributed by atoms with van der Waals surface area (Å²) in [5.41, 5.74) is 1.66. The highest BCUT2D eigenvalue weighted by atomic mass is 32.2. The van der Waals surface area contributed by atoms with Gasteiger partial charge in [-0.2, -0.15) is 8.75 Å². The van der Waals surface area contributed by atoms with Crippen molar-refractivity contribution in [1.82, 2.24) is 13.5 Å². The van der Waals surface area contributed by atoms with Gasteiger partial charge in [0, 0.05) is 0 Å². The van der Waals surface area contributed by atoms with E-state index in [9.17, 15) is 13.2 Å². The van der Waals surface area contributed by atoms with E-state index in [4.69, 9.17) is 0 Å². The molecule has 0 saturated heterocycles. The van der Waals surface area contributed by atoms with Crippen LogP contribution in [0.5, 0.6) is 0 Å². The lowest BCUT2D eigenvalue weighted by molar-refractivity contribution is -0.121. The molecule has 1 amide bonds. The third-order valence-corrected chi connectivity index (χ3v) is 6.40. The van der Waals surface area contributed by atoms with E-state index in [0.717, 1.165) is 17.3 Å². The Bertz CT molecular complexity index is 940. The molecule has 6 nitrogen and oxygen atoms in total. The smallest absolute Gasteiger partial charge is 0.266 e. The van der Waals surface area contributed by atoms with Crippen LogP contribution < -0.4 is 4.72 Å². The fourth-order valence-electron chi connectivity index (χ4n) is 3.10. The van der Waals surface area contributed by atoms with E-state index in [-0.39, 0.29) is 22.1 Å². The van der Waals surface area contributed by atoms with Crippen LogP contribution in [0.25, 0.3) is 11.0 Å². The average Bonchev–Trinajstić information content (AvgIpc) is 2.84. The highest BCUT2D eigenvalue weighted by Gasteiger charge is 2.60. The number of fused-ring (bicyclic) bond motifs is 1. The van der Waals surface area contributed by atoms with Gasteiger partial charge < -0.3 is 0 Å². The minimum atomic E-state index is -3.98. The predicted octanol–water partition coefficient (Wildman–Crippen LogP) is 2.73. The Morgan fingerprint density at radius 1 is 1.29 bits per heavy atom. The van der Waals surface area contributed by atoms with Crippen molar-refractivity contribution in [3.05, 3.63) is 29.8 Å². The molecule has 1 aliphatic rings. The van der Waals surface area contributed by atoms with Crippen LogP contribution in [-0.4, -0.2) is 23.1 Å². The van der Waals surface area contributed by atoms with Crippen molar-refractivity contribution in [2.45, 2.75) is 32.6 Å². The zero-order valence-electron chi connectivity index (χ0n) is 13.9. The SMILES string of the molecule is CC(C)=C[C@H]1[C@H](C(=O)NS(=O)(=O)c2cccc3nsnc23)C1(C)C. The van der Waals surface area contributed by atoms with Crippen molar-refractivity contribution in [3.8, 4) is 0 Å². The summed E-state index contributed by atoms with van der Waals surface area (Å²) in [5, 5.41) is 0. The van der Waals surface area contributed by atoms with Crippen LogP contribution in [0.15, 0.2) is 34.7 Å². The first-order chi connectivity index (χ1) is 11.1. The molecule has 2 atom stereocenters. The lowest BCUT2D eigenvalue weighted by Crippen LogP contribution is -2.33. The van der Waals surface area contributed by atoms with Crippen molar-refractivity contribution in [2.24, 2.45) is 17.3 Å². The van der Waals surface area contributed by atoms with E-state index < -0.39 is 15.9 Å². The predicted molar refractivity (Wildman–Crippen MR) is 92.9 cm³/mol. The second-order valence-corrected chi connectivity index (χ2v) is 9.11.